The van der Waals surface area contributed by atoms with E-state index in [2.05, 4.69) is 0 Å². The van der Waals surface area contributed by atoms with E-state index in [9.17, 15) is 18.3 Å². The fourth-order valence-electron chi connectivity index (χ4n) is 3.52. The first-order valence-electron chi connectivity index (χ1n) is 8.49. The molecule has 2 aromatic carbocycles. The Morgan fingerprint density at radius 2 is 1.85 bits per heavy atom. The number of hydrogen-bond donors (Lipinski definition) is 1. The molecular weight excluding hydrogens is 382 g/mol. The minimum atomic E-state index is -3.88. The summed E-state index contributed by atoms with van der Waals surface area (Å²) in [5.41, 5.74) is 2.42. The maximum atomic E-state index is 13.5. The highest BCUT2D eigenvalue weighted by Gasteiger charge is 2.39. The van der Waals surface area contributed by atoms with Crippen molar-refractivity contribution in [2.45, 2.75) is 24.3 Å². The van der Waals surface area contributed by atoms with Crippen molar-refractivity contribution in [3.05, 3.63) is 65.0 Å². The SMILES string of the molecule is CCC1c2ccccc2-c2sc(C=O)cc2N1S(=O)(=O)c1ccc(O)cc1. The van der Waals surface area contributed by atoms with Gasteiger partial charge in [0.15, 0.2) is 6.29 Å². The molecule has 3 aromatic rings. The van der Waals surface area contributed by atoms with Gasteiger partial charge in [0.05, 0.1) is 26.4 Å². The molecule has 138 valence electrons. The molecule has 4 rings (SSSR count). The van der Waals surface area contributed by atoms with Gasteiger partial charge < -0.3 is 5.11 Å². The van der Waals surface area contributed by atoms with Crippen LogP contribution in [0.4, 0.5) is 5.69 Å². The van der Waals surface area contributed by atoms with Gasteiger partial charge in [-0.2, -0.15) is 0 Å². The first-order chi connectivity index (χ1) is 13.0. The van der Waals surface area contributed by atoms with Crippen molar-refractivity contribution in [2.75, 3.05) is 4.31 Å². The topological polar surface area (TPSA) is 74.7 Å². The summed E-state index contributed by atoms with van der Waals surface area (Å²) in [5, 5.41) is 9.51. The fraction of sp³-hybridized carbons (Fsp3) is 0.150. The number of sulfonamides is 1. The molecule has 0 radical (unpaired) electrons. The largest absolute Gasteiger partial charge is 0.508 e. The Bertz CT molecular complexity index is 1120. The van der Waals surface area contributed by atoms with Gasteiger partial charge >= 0.3 is 0 Å². The van der Waals surface area contributed by atoms with E-state index in [4.69, 9.17) is 0 Å². The molecule has 1 atom stereocenters. The quantitative estimate of drug-likeness (QED) is 0.651. The van der Waals surface area contributed by atoms with Crippen molar-refractivity contribution in [3.8, 4) is 16.2 Å². The fourth-order valence-corrected chi connectivity index (χ4v) is 6.30. The number of carbonyl (C=O) groups excluding carboxylic acids is 1. The number of rotatable bonds is 4. The Kier molecular flexibility index (Phi) is 4.28. The highest BCUT2D eigenvalue weighted by atomic mass is 32.2. The van der Waals surface area contributed by atoms with E-state index < -0.39 is 10.0 Å². The molecule has 7 heteroatoms. The molecule has 2 heterocycles. The average molecular weight is 399 g/mol. The predicted octanol–water partition coefficient (Wildman–Crippen LogP) is 4.59. The molecule has 0 amide bonds. The zero-order valence-electron chi connectivity index (χ0n) is 14.5. The second-order valence-electron chi connectivity index (χ2n) is 6.29. The van der Waals surface area contributed by atoms with Crippen LogP contribution in [0.15, 0.2) is 59.5 Å². The Morgan fingerprint density at radius 1 is 1.15 bits per heavy atom. The highest BCUT2D eigenvalue weighted by molar-refractivity contribution is 7.92. The number of aromatic hydroxyl groups is 1. The van der Waals surface area contributed by atoms with Gasteiger partial charge in [0, 0.05) is 0 Å². The summed E-state index contributed by atoms with van der Waals surface area (Å²) in [6.07, 6.45) is 1.33. The van der Waals surface area contributed by atoms with Crippen LogP contribution in [0.2, 0.25) is 0 Å². The number of aldehydes is 1. The normalized spacial score (nSPS) is 15.9. The number of fused-ring (bicyclic) bond motifs is 3. The van der Waals surface area contributed by atoms with Gasteiger partial charge in [-0.25, -0.2) is 8.42 Å². The van der Waals surface area contributed by atoms with Gasteiger partial charge in [-0.1, -0.05) is 31.2 Å². The van der Waals surface area contributed by atoms with Crippen molar-refractivity contribution >= 4 is 33.3 Å². The van der Waals surface area contributed by atoms with E-state index >= 15 is 0 Å². The minimum absolute atomic E-state index is 0.00412. The molecule has 0 bridgehead atoms. The molecule has 0 fully saturated rings. The highest BCUT2D eigenvalue weighted by Crippen LogP contribution is 2.51. The molecule has 1 aliphatic rings. The predicted molar refractivity (Wildman–Crippen MR) is 106 cm³/mol. The van der Waals surface area contributed by atoms with Crippen molar-refractivity contribution in [2.24, 2.45) is 0 Å². The smallest absolute Gasteiger partial charge is 0.264 e. The van der Waals surface area contributed by atoms with E-state index in [1.165, 1.54) is 39.9 Å². The third-order valence-electron chi connectivity index (χ3n) is 4.71. The number of carbonyl (C=O) groups is 1. The van der Waals surface area contributed by atoms with Crippen LogP contribution in [0.25, 0.3) is 10.4 Å². The number of benzene rings is 2. The molecule has 27 heavy (non-hydrogen) atoms. The lowest BCUT2D eigenvalue weighted by molar-refractivity contribution is 0.112. The second kappa shape index (κ2) is 6.51. The van der Waals surface area contributed by atoms with Crippen LogP contribution < -0.4 is 4.31 Å². The maximum absolute atomic E-state index is 13.5. The maximum Gasteiger partial charge on any atom is 0.264 e. The van der Waals surface area contributed by atoms with Crippen molar-refractivity contribution in [3.63, 3.8) is 0 Å². The monoisotopic (exact) mass is 399 g/mol. The zero-order valence-corrected chi connectivity index (χ0v) is 16.1. The summed E-state index contributed by atoms with van der Waals surface area (Å²) in [6.45, 7) is 1.94. The Balaban J connectivity index is 1.98. The molecule has 0 spiro atoms. The van der Waals surface area contributed by atoms with Gasteiger partial charge in [0.1, 0.15) is 5.75 Å². The summed E-state index contributed by atoms with van der Waals surface area (Å²) in [7, 11) is -3.88. The summed E-state index contributed by atoms with van der Waals surface area (Å²) in [4.78, 5) is 12.7. The molecule has 5 nitrogen and oxygen atoms in total. The molecule has 0 aliphatic carbocycles. The lowest BCUT2D eigenvalue weighted by Gasteiger charge is -2.37. The van der Waals surface area contributed by atoms with Crippen LogP contribution in [0.5, 0.6) is 5.75 Å². The third kappa shape index (κ3) is 2.74. The molecule has 1 N–H and O–H groups in total. The molecule has 1 unspecified atom stereocenters. The molecular formula is C20H17NO4S2. The van der Waals surface area contributed by atoms with Crippen LogP contribution in [0.1, 0.15) is 34.6 Å². The Morgan fingerprint density at radius 3 is 2.52 bits per heavy atom. The molecule has 0 saturated heterocycles. The van der Waals surface area contributed by atoms with E-state index in [1.807, 2.05) is 31.2 Å². The van der Waals surface area contributed by atoms with Crippen LogP contribution in [-0.4, -0.2) is 19.8 Å². The summed E-state index contributed by atoms with van der Waals surface area (Å²) >= 11 is 1.29. The summed E-state index contributed by atoms with van der Waals surface area (Å²) in [5.74, 6) is 0.00412. The minimum Gasteiger partial charge on any atom is -0.508 e. The lowest BCUT2D eigenvalue weighted by Crippen LogP contribution is -2.37. The van der Waals surface area contributed by atoms with E-state index in [0.29, 0.717) is 17.0 Å². The number of thiophene rings is 1. The zero-order chi connectivity index (χ0) is 19.2. The number of anilines is 1. The van der Waals surface area contributed by atoms with E-state index in [0.717, 1.165) is 22.3 Å². The van der Waals surface area contributed by atoms with Gasteiger partial charge in [-0.05, 0) is 47.9 Å². The number of hydrogen-bond acceptors (Lipinski definition) is 5. The van der Waals surface area contributed by atoms with Gasteiger partial charge in [-0.3, -0.25) is 9.10 Å². The third-order valence-corrected chi connectivity index (χ3v) is 7.63. The number of phenolic OH excluding ortho intramolecular Hbond substituents is 1. The first-order valence-corrected chi connectivity index (χ1v) is 10.7. The standard InChI is InChI=1S/C20H17NO4S2/c1-2-18-16-5-3-4-6-17(16)20-19(11-14(12-22)26-20)21(18)27(24,25)15-9-7-13(23)8-10-15/h3-12,18,23H,2H2,1H3. The number of nitrogens with zero attached hydrogens (tertiary/aromatic N) is 1. The summed E-state index contributed by atoms with van der Waals surface area (Å²) < 4.78 is 28.4. The van der Waals surface area contributed by atoms with E-state index in [-0.39, 0.29) is 16.7 Å². The Hall–Kier alpha value is -2.64. The van der Waals surface area contributed by atoms with Crippen LogP contribution in [0, 0.1) is 0 Å². The van der Waals surface area contributed by atoms with Crippen LogP contribution in [-0.2, 0) is 10.0 Å². The van der Waals surface area contributed by atoms with Gasteiger partial charge in [0.2, 0.25) is 0 Å². The van der Waals surface area contributed by atoms with Gasteiger partial charge in [-0.15, -0.1) is 11.3 Å². The van der Waals surface area contributed by atoms with Crippen LogP contribution in [0.3, 0.4) is 0 Å². The summed E-state index contributed by atoms with van der Waals surface area (Å²) in [6, 6.07) is 14.5. The van der Waals surface area contributed by atoms with Gasteiger partial charge in [0.25, 0.3) is 10.0 Å². The average Bonchev–Trinajstić information content (AvgIpc) is 3.11. The van der Waals surface area contributed by atoms with Crippen molar-refractivity contribution in [1.82, 2.24) is 0 Å². The van der Waals surface area contributed by atoms with Crippen molar-refractivity contribution in [1.29, 1.82) is 0 Å². The van der Waals surface area contributed by atoms with Crippen molar-refractivity contribution < 1.29 is 18.3 Å². The van der Waals surface area contributed by atoms with Crippen LogP contribution >= 0.6 is 11.3 Å². The van der Waals surface area contributed by atoms with E-state index in [1.54, 1.807) is 6.07 Å². The molecule has 1 aromatic heterocycles. The number of phenols is 1. The lowest BCUT2D eigenvalue weighted by atomic mass is 9.93. The molecule has 1 aliphatic heterocycles. The molecule has 0 saturated carbocycles. The Labute approximate surface area is 161 Å². The second-order valence-corrected chi connectivity index (χ2v) is 9.19. The first kappa shape index (κ1) is 17.8.